The molecule has 1 rings (SSSR count). The second-order valence-corrected chi connectivity index (χ2v) is 0.916. The summed E-state index contributed by atoms with van der Waals surface area (Å²) in [5.74, 6) is 2.50. The van der Waals surface area contributed by atoms with Crippen molar-refractivity contribution in [2.45, 2.75) is 0 Å². The van der Waals surface area contributed by atoms with E-state index in [-0.39, 0.29) is 0 Å². The topological polar surface area (TPSA) is 37.1 Å². The van der Waals surface area contributed by atoms with Gasteiger partial charge in [-0.2, -0.15) is 5.11 Å². The fraction of sp³-hybridized carbons (Fsp3) is 0. The Balaban J connectivity index is 2.86. The van der Waals surface area contributed by atoms with Gasteiger partial charge in [0.1, 0.15) is 6.20 Å². The fourth-order valence-electron chi connectivity index (χ4n) is 0.237. The van der Waals surface area contributed by atoms with E-state index in [9.17, 15) is 0 Å². The standard InChI is InChI=1S/C4H3N3/c1-3-6-7-4-2-5-1/h1,3-4H. The van der Waals surface area contributed by atoms with Crippen molar-refractivity contribution in [2.75, 3.05) is 0 Å². The molecule has 0 saturated carbocycles. The van der Waals surface area contributed by atoms with E-state index in [1.54, 1.807) is 0 Å². The maximum atomic E-state index is 3.60. The molecule has 0 radical (unpaired) electrons. The first kappa shape index (κ1) is 3.96. The van der Waals surface area contributed by atoms with Crippen LogP contribution in [-0.2, 0) is 0 Å². The summed E-state index contributed by atoms with van der Waals surface area (Å²) in [5, 5.41) is 6.98. The van der Waals surface area contributed by atoms with Gasteiger partial charge in [-0.25, -0.2) is 4.99 Å². The molecular formula is C4H3N3. The monoisotopic (exact) mass is 93.0 g/mol. The van der Waals surface area contributed by atoms with Crippen LogP contribution in [0.4, 0.5) is 0 Å². The van der Waals surface area contributed by atoms with Crippen LogP contribution in [-0.4, -0.2) is 5.87 Å². The van der Waals surface area contributed by atoms with Crippen LogP contribution in [0.2, 0.25) is 0 Å². The highest BCUT2D eigenvalue weighted by Crippen LogP contribution is 1.81. The number of hydrogen-bond donors (Lipinski definition) is 0. The van der Waals surface area contributed by atoms with Crippen LogP contribution in [0.5, 0.6) is 0 Å². The molecule has 0 saturated heterocycles. The molecule has 1 aliphatic rings. The first-order valence-electron chi connectivity index (χ1n) is 1.82. The zero-order chi connectivity index (χ0) is 4.95. The third-order valence-electron chi connectivity index (χ3n) is 0.465. The normalized spacial score (nSPS) is 14.9. The summed E-state index contributed by atoms with van der Waals surface area (Å²) in [6.45, 7) is 0. The summed E-state index contributed by atoms with van der Waals surface area (Å²) in [4.78, 5) is 3.60. The lowest BCUT2D eigenvalue weighted by Gasteiger charge is -1.60. The minimum atomic E-state index is 1.40. The number of hydrogen-bond acceptors (Lipinski definition) is 3. The number of rotatable bonds is 0. The highest BCUT2D eigenvalue weighted by molar-refractivity contribution is 5.52. The van der Waals surface area contributed by atoms with Crippen molar-refractivity contribution in [1.29, 1.82) is 0 Å². The second kappa shape index (κ2) is 2.05. The van der Waals surface area contributed by atoms with Crippen molar-refractivity contribution in [3.8, 4) is 0 Å². The van der Waals surface area contributed by atoms with E-state index in [2.05, 4.69) is 21.1 Å². The summed E-state index contributed by atoms with van der Waals surface area (Å²) < 4.78 is 0. The van der Waals surface area contributed by atoms with Gasteiger partial charge in [0.2, 0.25) is 0 Å². The Morgan fingerprint density at radius 1 is 1.14 bits per heavy atom. The molecule has 0 N–H and O–H groups in total. The minimum Gasteiger partial charge on any atom is -0.211 e. The predicted octanol–water partition coefficient (Wildman–Crippen LogP) is 1.11. The Morgan fingerprint density at radius 2 is 2.14 bits per heavy atom. The van der Waals surface area contributed by atoms with Gasteiger partial charge in [0.15, 0.2) is 0 Å². The van der Waals surface area contributed by atoms with E-state index in [4.69, 9.17) is 0 Å². The molecule has 3 nitrogen and oxygen atoms in total. The van der Waals surface area contributed by atoms with Crippen molar-refractivity contribution in [3.05, 3.63) is 18.6 Å². The molecule has 34 valence electrons. The van der Waals surface area contributed by atoms with Crippen molar-refractivity contribution in [1.82, 2.24) is 0 Å². The first-order valence-corrected chi connectivity index (χ1v) is 1.82. The molecule has 0 unspecified atom stereocenters. The number of azo groups is 1. The smallest absolute Gasteiger partial charge is 0.111 e. The molecule has 3 heteroatoms. The number of aliphatic imine (C=N–C) groups is 1. The SMILES string of the molecule is C1=CN=NC=CN=1. The molecule has 0 aromatic rings. The van der Waals surface area contributed by atoms with Gasteiger partial charge in [0, 0.05) is 5.87 Å². The summed E-state index contributed by atoms with van der Waals surface area (Å²) >= 11 is 0. The molecule has 0 amide bonds. The lowest BCUT2D eigenvalue weighted by molar-refractivity contribution is 1.24. The Kier molecular flexibility index (Phi) is 1.16. The van der Waals surface area contributed by atoms with Gasteiger partial charge >= 0.3 is 0 Å². The molecule has 0 bridgehead atoms. The maximum absolute atomic E-state index is 3.60. The van der Waals surface area contributed by atoms with Crippen LogP contribution in [0, 0.1) is 0 Å². The Bertz CT molecular complexity index is 144. The zero-order valence-electron chi connectivity index (χ0n) is 3.57. The molecule has 1 heterocycles. The van der Waals surface area contributed by atoms with Gasteiger partial charge in [-0.15, -0.1) is 5.11 Å². The van der Waals surface area contributed by atoms with Gasteiger partial charge in [-0.05, 0) is 0 Å². The highest BCUT2D eigenvalue weighted by Gasteiger charge is 1.64. The van der Waals surface area contributed by atoms with E-state index >= 15 is 0 Å². The quantitative estimate of drug-likeness (QED) is 0.430. The zero-order valence-corrected chi connectivity index (χ0v) is 3.57. The van der Waals surface area contributed by atoms with Gasteiger partial charge in [0.25, 0.3) is 0 Å². The average Bonchev–Trinajstić information content (AvgIpc) is 1.90. The highest BCUT2D eigenvalue weighted by atomic mass is 15.1. The van der Waals surface area contributed by atoms with E-state index in [0.717, 1.165) is 0 Å². The lowest BCUT2D eigenvalue weighted by atomic mass is 10.9. The van der Waals surface area contributed by atoms with E-state index < -0.39 is 0 Å². The maximum Gasteiger partial charge on any atom is 0.111 e. The van der Waals surface area contributed by atoms with E-state index in [1.165, 1.54) is 18.6 Å². The van der Waals surface area contributed by atoms with Crippen molar-refractivity contribution in [2.24, 2.45) is 15.2 Å². The first-order chi connectivity index (χ1) is 3.50. The Labute approximate surface area is 40.8 Å². The predicted molar refractivity (Wildman–Crippen MR) is 26.0 cm³/mol. The molecule has 0 aromatic heterocycles. The summed E-state index contributed by atoms with van der Waals surface area (Å²) in [6.07, 6.45) is 4.42. The lowest BCUT2D eigenvalue weighted by Crippen LogP contribution is -1.42. The minimum absolute atomic E-state index is 1.40. The van der Waals surface area contributed by atoms with Crippen molar-refractivity contribution < 1.29 is 0 Å². The van der Waals surface area contributed by atoms with Crippen LogP contribution in [0.3, 0.4) is 0 Å². The summed E-state index contributed by atoms with van der Waals surface area (Å²) in [5.41, 5.74) is 0. The number of nitrogens with zero attached hydrogens (tertiary/aromatic N) is 3. The molecular weight excluding hydrogens is 90.1 g/mol. The van der Waals surface area contributed by atoms with Crippen LogP contribution in [0.25, 0.3) is 0 Å². The van der Waals surface area contributed by atoms with Crippen LogP contribution in [0.15, 0.2) is 33.8 Å². The molecule has 1 aliphatic heterocycles. The largest absolute Gasteiger partial charge is 0.211 e. The average molecular weight is 93.1 g/mol. The molecule has 0 aliphatic carbocycles. The van der Waals surface area contributed by atoms with Gasteiger partial charge in [-0.1, -0.05) is 0 Å². The second-order valence-electron chi connectivity index (χ2n) is 0.916. The van der Waals surface area contributed by atoms with Crippen LogP contribution in [0.1, 0.15) is 0 Å². The van der Waals surface area contributed by atoms with Crippen molar-refractivity contribution in [3.63, 3.8) is 0 Å². The molecule has 7 heavy (non-hydrogen) atoms. The molecule has 0 atom stereocenters. The van der Waals surface area contributed by atoms with Crippen LogP contribution < -0.4 is 0 Å². The molecule has 0 aromatic carbocycles. The van der Waals surface area contributed by atoms with Gasteiger partial charge in [-0.3, -0.25) is 0 Å². The molecule has 0 fully saturated rings. The Hall–Kier alpha value is -1.21. The van der Waals surface area contributed by atoms with Crippen molar-refractivity contribution >= 4 is 5.87 Å². The third kappa shape index (κ3) is 1.11. The fourth-order valence-corrected chi connectivity index (χ4v) is 0.237. The summed E-state index contributed by atoms with van der Waals surface area (Å²) in [7, 11) is 0. The van der Waals surface area contributed by atoms with Crippen LogP contribution >= 0.6 is 0 Å². The Morgan fingerprint density at radius 3 is 3.14 bits per heavy atom. The van der Waals surface area contributed by atoms with Gasteiger partial charge < -0.3 is 0 Å². The molecule has 0 spiro atoms. The summed E-state index contributed by atoms with van der Waals surface area (Å²) in [6, 6.07) is 0. The van der Waals surface area contributed by atoms with E-state index in [1.807, 2.05) is 0 Å². The third-order valence-corrected chi connectivity index (χ3v) is 0.465. The van der Waals surface area contributed by atoms with E-state index in [0.29, 0.717) is 0 Å². The van der Waals surface area contributed by atoms with Gasteiger partial charge in [0.05, 0.1) is 12.4 Å².